The SMILES string of the molecule is COc1cccc([C@H]2NC(=S)N(c3cc(C)ccc3C)C(C)=C2C(=O)Nc2cc(C)on2)c1. The molecule has 3 aromatic rings. The second kappa shape index (κ2) is 9.07. The van der Waals surface area contributed by atoms with Crippen LogP contribution in [0.25, 0.3) is 0 Å². The van der Waals surface area contributed by atoms with Crippen LogP contribution in [0.4, 0.5) is 11.5 Å². The van der Waals surface area contributed by atoms with E-state index in [4.69, 9.17) is 21.5 Å². The number of nitrogens with one attached hydrogen (secondary N) is 2. The van der Waals surface area contributed by atoms with Crippen molar-refractivity contribution >= 4 is 34.7 Å². The summed E-state index contributed by atoms with van der Waals surface area (Å²) in [6, 6.07) is 15.0. The molecule has 1 aromatic heterocycles. The van der Waals surface area contributed by atoms with Gasteiger partial charge in [-0.1, -0.05) is 29.4 Å². The minimum atomic E-state index is -0.470. The number of anilines is 2. The molecule has 0 bridgehead atoms. The highest BCUT2D eigenvalue weighted by atomic mass is 32.1. The van der Waals surface area contributed by atoms with E-state index < -0.39 is 6.04 Å². The predicted octanol–water partition coefficient (Wildman–Crippen LogP) is 4.96. The highest BCUT2D eigenvalue weighted by Gasteiger charge is 2.35. The molecule has 0 aliphatic carbocycles. The van der Waals surface area contributed by atoms with E-state index in [2.05, 4.69) is 27.9 Å². The first kappa shape index (κ1) is 22.5. The average Bonchev–Trinajstić information content (AvgIpc) is 3.20. The van der Waals surface area contributed by atoms with Crippen LogP contribution in [0, 0.1) is 20.8 Å². The molecule has 0 fully saturated rings. The number of rotatable bonds is 5. The lowest BCUT2D eigenvalue weighted by molar-refractivity contribution is -0.113. The Kier molecular flexibility index (Phi) is 6.20. The maximum absolute atomic E-state index is 13.6. The van der Waals surface area contributed by atoms with Crippen LogP contribution in [-0.2, 0) is 4.79 Å². The summed E-state index contributed by atoms with van der Waals surface area (Å²) in [7, 11) is 1.61. The maximum atomic E-state index is 13.6. The van der Waals surface area contributed by atoms with E-state index in [1.165, 1.54) is 0 Å². The Morgan fingerprint density at radius 1 is 1.15 bits per heavy atom. The molecular weight excluding hydrogens is 436 g/mol. The summed E-state index contributed by atoms with van der Waals surface area (Å²) in [4.78, 5) is 15.5. The summed E-state index contributed by atoms with van der Waals surface area (Å²) in [6.07, 6.45) is 0. The summed E-state index contributed by atoms with van der Waals surface area (Å²) in [5.41, 5.74) is 5.20. The Labute approximate surface area is 198 Å². The second-order valence-corrected chi connectivity index (χ2v) is 8.45. The van der Waals surface area contributed by atoms with E-state index in [-0.39, 0.29) is 5.91 Å². The third-order valence-corrected chi connectivity index (χ3v) is 5.93. The Morgan fingerprint density at radius 2 is 1.94 bits per heavy atom. The van der Waals surface area contributed by atoms with Crippen LogP contribution in [-0.4, -0.2) is 23.3 Å². The van der Waals surface area contributed by atoms with Crippen molar-refractivity contribution in [2.45, 2.75) is 33.7 Å². The Hall–Kier alpha value is -3.65. The van der Waals surface area contributed by atoms with Crippen LogP contribution in [0.3, 0.4) is 0 Å². The zero-order valence-electron chi connectivity index (χ0n) is 19.2. The van der Waals surface area contributed by atoms with Crippen LogP contribution < -0.4 is 20.3 Å². The molecule has 2 N–H and O–H groups in total. The van der Waals surface area contributed by atoms with Gasteiger partial charge in [0.25, 0.3) is 5.91 Å². The molecule has 1 atom stereocenters. The lowest BCUT2D eigenvalue weighted by Gasteiger charge is -2.38. The first-order valence-corrected chi connectivity index (χ1v) is 11.0. The van der Waals surface area contributed by atoms with Gasteiger partial charge in [0.05, 0.1) is 24.4 Å². The molecule has 7 nitrogen and oxygen atoms in total. The molecule has 33 heavy (non-hydrogen) atoms. The van der Waals surface area contributed by atoms with Gasteiger partial charge in [-0.25, -0.2) is 0 Å². The molecule has 0 saturated heterocycles. The van der Waals surface area contributed by atoms with E-state index >= 15 is 0 Å². The van der Waals surface area contributed by atoms with Crippen molar-refractivity contribution in [3.63, 3.8) is 0 Å². The first-order chi connectivity index (χ1) is 15.8. The van der Waals surface area contributed by atoms with Crippen molar-refractivity contribution in [3.05, 3.63) is 82.3 Å². The second-order valence-electron chi connectivity index (χ2n) is 8.06. The van der Waals surface area contributed by atoms with Gasteiger partial charge >= 0.3 is 0 Å². The number of carbonyl (C=O) groups excluding carboxylic acids is 1. The number of benzene rings is 2. The summed E-state index contributed by atoms with van der Waals surface area (Å²) >= 11 is 5.79. The van der Waals surface area contributed by atoms with Gasteiger partial charge in [-0.2, -0.15) is 0 Å². The molecule has 0 radical (unpaired) electrons. The van der Waals surface area contributed by atoms with Crippen LogP contribution in [0.1, 0.15) is 35.4 Å². The Morgan fingerprint density at radius 3 is 2.64 bits per heavy atom. The number of carbonyl (C=O) groups is 1. The molecule has 2 heterocycles. The normalized spacial score (nSPS) is 16.0. The van der Waals surface area contributed by atoms with Gasteiger partial charge in [-0.3, -0.25) is 9.69 Å². The van der Waals surface area contributed by atoms with Crippen LogP contribution in [0.5, 0.6) is 5.75 Å². The molecule has 0 unspecified atom stereocenters. The summed E-state index contributed by atoms with van der Waals surface area (Å²) in [5, 5.41) is 10.7. The average molecular weight is 463 g/mol. The van der Waals surface area contributed by atoms with Crippen molar-refractivity contribution in [1.29, 1.82) is 0 Å². The van der Waals surface area contributed by atoms with Gasteiger partial charge in [-0.15, -0.1) is 0 Å². The number of aromatic nitrogens is 1. The molecule has 0 spiro atoms. The quantitative estimate of drug-likeness (QED) is 0.519. The van der Waals surface area contributed by atoms with Crippen LogP contribution >= 0.6 is 12.2 Å². The number of aryl methyl sites for hydroxylation is 3. The molecule has 8 heteroatoms. The van der Waals surface area contributed by atoms with Gasteiger partial charge in [-0.05, 0) is 74.8 Å². The molecule has 0 saturated carbocycles. The standard InChI is InChI=1S/C25H26N4O3S/c1-14-9-10-15(2)20(11-14)29-17(4)22(24(30)26-21-12-16(3)32-28-21)23(27-25(29)33)18-7-6-8-19(13-18)31-5/h6-13,23H,1-5H3,(H,27,33)(H,26,28,30)/t23-/m1/s1. The predicted molar refractivity (Wildman–Crippen MR) is 132 cm³/mol. The number of ether oxygens (including phenoxy) is 1. The number of amides is 1. The molecule has 170 valence electrons. The highest BCUT2D eigenvalue weighted by molar-refractivity contribution is 7.80. The zero-order valence-corrected chi connectivity index (χ0v) is 20.0. The van der Waals surface area contributed by atoms with Crippen molar-refractivity contribution in [2.24, 2.45) is 0 Å². The number of methoxy groups -OCH3 is 1. The number of thiocarbonyl (C=S) groups is 1. The lowest BCUT2D eigenvalue weighted by Crippen LogP contribution is -2.48. The summed E-state index contributed by atoms with van der Waals surface area (Å²) < 4.78 is 10.5. The molecular formula is C25H26N4O3S. The minimum absolute atomic E-state index is 0.293. The number of allylic oxidation sites excluding steroid dienone is 1. The first-order valence-electron chi connectivity index (χ1n) is 10.6. The molecule has 2 aromatic carbocycles. The molecule has 1 aliphatic heterocycles. The minimum Gasteiger partial charge on any atom is -0.497 e. The van der Waals surface area contributed by atoms with Crippen molar-refractivity contribution in [1.82, 2.24) is 10.5 Å². The smallest absolute Gasteiger partial charge is 0.257 e. The van der Waals surface area contributed by atoms with E-state index in [0.29, 0.717) is 28.0 Å². The summed E-state index contributed by atoms with van der Waals surface area (Å²) in [5.74, 6) is 1.37. The Balaban J connectivity index is 1.85. The number of hydrogen-bond donors (Lipinski definition) is 2. The largest absolute Gasteiger partial charge is 0.497 e. The topological polar surface area (TPSA) is 79.6 Å². The van der Waals surface area contributed by atoms with Crippen LogP contribution in [0.15, 0.2) is 64.3 Å². The van der Waals surface area contributed by atoms with Gasteiger partial charge in [0.15, 0.2) is 10.9 Å². The Bertz CT molecular complexity index is 1260. The van der Waals surface area contributed by atoms with E-state index in [9.17, 15) is 4.79 Å². The van der Waals surface area contributed by atoms with Gasteiger partial charge < -0.3 is 19.9 Å². The van der Waals surface area contributed by atoms with Gasteiger partial charge in [0.2, 0.25) is 0 Å². The fourth-order valence-electron chi connectivity index (χ4n) is 3.97. The molecule has 1 amide bonds. The van der Waals surface area contributed by atoms with E-state index in [1.54, 1.807) is 20.1 Å². The number of nitrogens with zero attached hydrogens (tertiary/aromatic N) is 2. The fourth-order valence-corrected chi connectivity index (χ4v) is 4.32. The third kappa shape index (κ3) is 4.47. The maximum Gasteiger partial charge on any atom is 0.257 e. The molecule has 1 aliphatic rings. The van der Waals surface area contributed by atoms with Crippen LogP contribution in [0.2, 0.25) is 0 Å². The van der Waals surface area contributed by atoms with E-state index in [1.807, 2.05) is 56.0 Å². The third-order valence-electron chi connectivity index (χ3n) is 5.63. The van der Waals surface area contributed by atoms with Crippen molar-refractivity contribution in [2.75, 3.05) is 17.3 Å². The number of hydrogen-bond acceptors (Lipinski definition) is 5. The summed E-state index contributed by atoms with van der Waals surface area (Å²) in [6.45, 7) is 7.73. The van der Waals surface area contributed by atoms with Crippen molar-refractivity contribution in [3.8, 4) is 5.75 Å². The van der Waals surface area contributed by atoms with Gasteiger partial charge in [0.1, 0.15) is 11.5 Å². The lowest BCUT2D eigenvalue weighted by atomic mass is 9.93. The monoisotopic (exact) mass is 462 g/mol. The van der Waals surface area contributed by atoms with Gasteiger partial charge in [0, 0.05) is 11.8 Å². The van der Waals surface area contributed by atoms with Crippen molar-refractivity contribution < 1.29 is 14.1 Å². The molecule has 4 rings (SSSR count). The zero-order chi connectivity index (χ0) is 23.7. The van der Waals surface area contributed by atoms with E-state index in [0.717, 1.165) is 28.1 Å². The fraction of sp³-hybridized carbons (Fsp3) is 0.240. The highest BCUT2D eigenvalue weighted by Crippen LogP contribution is 2.36.